The van der Waals surface area contributed by atoms with Crippen LogP contribution in [0.1, 0.15) is 24.0 Å². The number of hydrogen-bond donors (Lipinski definition) is 1. The molecule has 1 N–H and O–H groups in total. The summed E-state index contributed by atoms with van der Waals surface area (Å²) in [5, 5.41) is 2.96. The van der Waals surface area contributed by atoms with Gasteiger partial charge in [-0.25, -0.2) is 8.42 Å². The number of nitrogens with zero attached hydrogens (tertiary/aromatic N) is 2. The van der Waals surface area contributed by atoms with E-state index in [0.29, 0.717) is 32.5 Å². The average Bonchev–Trinajstić information content (AvgIpc) is 2.68. The summed E-state index contributed by atoms with van der Waals surface area (Å²) in [5.74, 6) is -0.162. The van der Waals surface area contributed by atoms with Crippen LogP contribution in [-0.4, -0.2) is 36.7 Å². The van der Waals surface area contributed by atoms with Crippen molar-refractivity contribution in [2.24, 2.45) is 5.92 Å². The third-order valence-electron chi connectivity index (χ3n) is 4.68. The zero-order chi connectivity index (χ0) is 18.6. The van der Waals surface area contributed by atoms with Crippen LogP contribution in [0.3, 0.4) is 0 Å². The highest BCUT2D eigenvalue weighted by Crippen LogP contribution is 2.23. The van der Waals surface area contributed by atoms with E-state index in [-0.39, 0.29) is 16.7 Å². The minimum Gasteiger partial charge on any atom is -0.352 e. The maximum Gasteiger partial charge on any atom is 0.244 e. The van der Waals surface area contributed by atoms with Crippen LogP contribution >= 0.6 is 0 Å². The number of nitrogens with one attached hydrogen (secondary N) is 1. The number of benzene rings is 1. The minimum absolute atomic E-state index is 0.0102. The molecule has 1 amide bonds. The van der Waals surface area contributed by atoms with Gasteiger partial charge in [-0.2, -0.15) is 4.31 Å². The number of sulfonamides is 1. The van der Waals surface area contributed by atoms with Crippen molar-refractivity contribution >= 4 is 15.9 Å². The first kappa shape index (κ1) is 18.5. The highest BCUT2D eigenvalue weighted by molar-refractivity contribution is 7.89. The molecule has 26 heavy (non-hydrogen) atoms. The number of pyridine rings is 1. The van der Waals surface area contributed by atoms with Crippen molar-refractivity contribution in [3.8, 4) is 0 Å². The van der Waals surface area contributed by atoms with Crippen LogP contribution < -0.4 is 5.32 Å². The van der Waals surface area contributed by atoms with Crippen molar-refractivity contribution in [1.29, 1.82) is 0 Å². The van der Waals surface area contributed by atoms with Gasteiger partial charge in [-0.3, -0.25) is 9.78 Å². The van der Waals surface area contributed by atoms with Gasteiger partial charge in [-0.15, -0.1) is 0 Å². The number of aryl methyl sites for hydroxylation is 1. The Hall–Kier alpha value is -2.25. The van der Waals surface area contributed by atoms with E-state index in [1.54, 1.807) is 18.3 Å². The molecular formula is C19H23N3O3S. The number of carbonyl (C=O) groups excluding carboxylic acids is 1. The van der Waals surface area contributed by atoms with Crippen LogP contribution in [0.4, 0.5) is 0 Å². The molecule has 1 aliphatic rings. The summed E-state index contributed by atoms with van der Waals surface area (Å²) in [6.07, 6.45) is 3.96. The molecule has 0 atom stereocenters. The highest BCUT2D eigenvalue weighted by Gasteiger charge is 2.32. The predicted octanol–water partition coefficient (Wildman–Crippen LogP) is 2.11. The Labute approximate surface area is 154 Å². The van der Waals surface area contributed by atoms with Gasteiger partial charge in [0.05, 0.1) is 0 Å². The van der Waals surface area contributed by atoms with Gasteiger partial charge in [-0.1, -0.05) is 29.8 Å². The van der Waals surface area contributed by atoms with Gasteiger partial charge >= 0.3 is 0 Å². The maximum absolute atomic E-state index is 12.6. The Morgan fingerprint density at radius 2 is 1.88 bits per heavy atom. The SMILES string of the molecule is Cc1ccc(CNC(=O)C2CCN(S(=O)(=O)c3cccnc3)CC2)cc1. The number of hydrogen-bond acceptors (Lipinski definition) is 4. The highest BCUT2D eigenvalue weighted by atomic mass is 32.2. The van der Waals surface area contributed by atoms with Crippen LogP contribution in [0, 0.1) is 12.8 Å². The third kappa shape index (κ3) is 4.28. The van der Waals surface area contributed by atoms with Crippen LogP contribution in [0.25, 0.3) is 0 Å². The smallest absolute Gasteiger partial charge is 0.244 e. The van der Waals surface area contributed by atoms with Gasteiger partial charge in [0, 0.05) is 37.9 Å². The van der Waals surface area contributed by atoms with Crippen LogP contribution in [0.15, 0.2) is 53.7 Å². The van der Waals surface area contributed by atoms with Gasteiger partial charge in [0.2, 0.25) is 15.9 Å². The lowest BCUT2D eigenvalue weighted by Gasteiger charge is -2.30. The van der Waals surface area contributed by atoms with Gasteiger partial charge in [-0.05, 0) is 37.5 Å². The molecule has 0 unspecified atom stereocenters. The zero-order valence-electron chi connectivity index (χ0n) is 14.8. The van der Waals surface area contributed by atoms with Crippen LogP contribution in [0.5, 0.6) is 0 Å². The molecule has 1 saturated heterocycles. The summed E-state index contributed by atoms with van der Waals surface area (Å²) < 4.78 is 26.6. The van der Waals surface area contributed by atoms with Crippen molar-refractivity contribution < 1.29 is 13.2 Å². The maximum atomic E-state index is 12.6. The number of rotatable bonds is 5. The first-order chi connectivity index (χ1) is 12.5. The van der Waals surface area contributed by atoms with Gasteiger partial charge < -0.3 is 5.32 Å². The van der Waals surface area contributed by atoms with E-state index in [4.69, 9.17) is 0 Å². The molecule has 0 bridgehead atoms. The lowest BCUT2D eigenvalue weighted by molar-refractivity contribution is -0.126. The first-order valence-electron chi connectivity index (χ1n) is 8.70. The molecule has 0 aliphatic carbocycles. The second-order valence-electron chi connectivity index (χ2n) is 6.57. The van der Waals surface area contributed by atoms with E-state index < -0.39 is 10.0 Å². The number of carbonyl (C=O) groups is 1. The lowest BCUT2D eigenvalue weighted by atomic mass is 9.97. The molecule has 6 nitrogen and oxygen atoms in total. The minimum atomic E-state index is -3.53. The molecule has 2 heterocycles. The number of piperidine rings is 1. The Balaban J connectivity index is 1.53. The summed E-state index contributed by atoms with van der Waals surface area (Å²) >= 11 is 0. The quantitative estimate of drug-likeness (QED) is 0.871. The zero-order valence-corrected chi connectivity index (χ0v) is 15.6. The van der Waals surface area contributed by atoms with E-state index >= 15 is 0 Å². The summed E-state index contributed by atoms with van der Waals surface area (Å²) in [7, 11) is -3.53. The van der Waals surface area contributed by atoms with Crippen molar-refractivity contribution in [2.75, 3.05) is 13.1 Å². The summed E-state index contributed by atoms with van der Waals surface area (Å²) in [5.41, 5.74) is 2.24. The van der Waals surface area contributed by atoms with Gasteiger partial charge in [0.1, 0.15) is 4.90 Å². The third-order valence-corrected chi connectivity index (χ3v) is 6.57. The lowest BCUT2D eigenvalue weighted by Crippen LogP contribution is -2.42. The summed E-state index contributed by atoms with van der Waals surface area (Å²) in [6.45, 7) is 3.21. The van der Waals surface area contributed by atoms with Crippen LogP contribution in [-0.2, 0) is 21.4 Å². The normalized spacial score (nSPS) is 16.3. The summed E-state index contributed by atoms with van der Waals surface area (Å²) in [4.78, 5) is 16.4. The molecule has 7 heteroatoms. The monoisotopic (exact) mass is 373 g/mol. The van der Waals surface area contributed by atoms with Gasteiger partial charge in [0.25, 0.3) is 0 Å². The first-order valence-corrected chi connectivity index (χ1v) is 10.1. The van der Waals surface area contributed by atoms with Crippen molar-refractivity contribution in [3.05, 3.63) is 59.9 Å². The van der Waals surface area contributed by atoms with E-state index in [0.717, 1.165) is 5.56 Å². The topological polar surface area (TPSA) is 79.4 Å². The van der Waals surface area contributed by atoms with Crippen molar-refractivity contribution in [2.45, 2.75) is 31.2 Å². The number of amides is 1. The Bertz CT molecular complexity index is 843. The molecule has 1 aliphatic heterocycles. The molecule has 2 aromatic rings. The fourth-order valence-corrected chi connectivity index (χ4v) is 4.48. The molecular weight excluding hydrogens is 350 g/mol. The summed E-state index contributed by atoms with van der Waals surface area (Å²) in [6, 6.07) is 11.2. The number of aromatic nitrogens is 1. The average molecular weight is 373 g/mol. The fraction of sp³-hybridized carbons (Fsp3) is 0.368. The van der Waals surface area contributed by atoms with E-state index in [2.05, 4.69) is 10.3 Å². The van der Waals surface area contributed by atoms with E-state index in [1.807, 2.05) is 31.2 Å². The Morgan fingerprint density at radius 1 is 1.19 bits per heavy atom. The molecule has 0 spiro atoms. The molecule has 3 rings (SSSR count). The predicted molar refractivity (Wildman–Crippen MR) is 98.7 cm³/mol. The molecule has 138 valence electrons. The molecule has 0 radical (unpaired) electrons. The van der Waals surface area contributed by atoms with Crippen molar-refractivity contribution in [3.63, 3.8) is 0 Å². The van der Waals surface area contributed by atoms with Crippen molar-refractivity contribution in [1.82, 2.24) is 14.6 Å². The van der Waals surface area contributed by atoms with E-state index in [1.165, 1.54) is 16.1 Å². The van der Waals surface area contributed by atoms with Crippen LogP contribution in [0.2, 0.25) is 0 Å². The standard InChI is InChI=1S/C19H23N3O3S/c1-15-4-6-16(7-5-15)13-21-19(23)17-8-11-22(12-9-17)26(24,25)18-3-2-10-20-14-18/h2-7,10,14,17H,8-9,11-13H2,1H3,(H,21,23). The molecule has 0 saturated carbocycles. The largest absolute Gasteiger partial charge is 0.352 e. The Morgan fingerprint density at radius 3 is 2.50 bits per heavy atom. The fourth-order valence-electron chi connectivity index (χ4n) is 3.05. The second kappa shape index (κ2) is 7.97. The van der Waals surface area contributed by atoms with Gasteiger partial charge in [0.15, 0.2) is 0 Å². The van der Waals surface area contributed by atoms with E-state index in [9.17, 15) is 13.2 Å². The molecule has 1 fully saturated rings. The molecule has 1 aromatic carbocycles. The molecule has 1 aromatic heterocycles. The Kier molecular flexibility index (Phi) is 5.68. The second-order valence-corrected chi connectivity index (χ2v) is 8.51.